The fourth-order valence-electron chi connectivity index (χ4n) is 2.34. The lowest BCUT2D eigenvalue weighted by Gasteiger charge is -2.19. The van der Waals surface area contributed by atoms with E-state index in [1.165, 1.54) is 6.08 Å². The maximum absolute atomic E-state index is 12.2. The first-order chi connectivity index (χ1) is 12.4. The van der Waals surface area contributed by atoms with Gasteiger partial charge in [0.05, 0.1) is 19.0 Å². The summed E-state index contributed by atoms with van der Waals surface area (Å²) >= 11 is 6.02. The molecule has 0 aliphatic rings. The standard InChI is InChI=1S/C18H24ClN3O4/c1-2-3-6-13(11-22(26)12-23)18(25)21-10-14(24)9-17(20)15-7-4-5-8-16(15)19/h4-5,7-9,12-13,26H,2-3,6,10-11,20H2,1H3,(H,21,25)/b17-9-. The first-order valence-corrected chi connectivity index (χ1v) is 8.70. The summed E-state index contributed by atoms with van der Waals surface area (Å²) in [5.74, 6) is -1.39. The Morgan fingerprint density at radius 1 is 1.38 bits per heavy atom. The van der Waals surface area contributed by atoms with Crippen LogP contribution < -0.4 is 11.1 Å². The van der Waals surface area contributed by atoms with Crippen LogP contribution in [-0.2, 0) is 14.4 Å². The summed E-state index contributed by atoms with van der Waals surface area (Å²) in [6.45, 7) is 1.61. The number of rotatable bonds is 11. The number of unbranched alkanes of at least 4 members (excludes halogenated alkanes) is 1. The normalized spacial score (nSPS) is 12.3. The number of halogens is 1. The van der Waals surface area contributed by atoms with Gasteiger partial charge in [-0.15, -0.1) is 0 Å². The van der Waals surface area contributed by atoms with Gasteiger partial charge < -0.3 is 11.1 Å². The number of hydrogen-bond acceptors (Lipinski definition) is 5. The largest absolute Gasteiger partial charge is 0.398 e. The number of nitrogens with one attached hydrogen (secondary N) is 1. The van der Waals surface area contributed by atoms with Crippen LogP contribution in [0.2, 0.25) is 5.02 Å². The predicted molar refractivity (Wildman–Crippen MR) is 99.2 cm³/mol. The van der Waals surface area contributed by atoms with Crippen molar-refractivity contribution in [2.45, 2.75) is 26.2 Å². The van der Waals surface area contributed by atoms with E-state index in [0.717, 1.165) is 12.8 Å². The minimum Gasteiger partial charge on any atom is -0.398 e. The molecule has 0 aliphatic carbocycles. The van der Waals surface area contributed by atoms with Crippen LogP contribution in [0.1, 0.15) is 31.7 Å². The van der Waals surface area contributed by atoms with Crippen molar-refractivity contribution >= 4 is 35.4 Å². The van der Waals surface area contributed by atoms with Gasteiger partial charge in [-0.2, -0.15) is 0 Å². The molecular weight excluding hydrogens is 358 g/mol. The number of ketones is 1. The fraction of sp³-hybridized carbons (Fsp3) is 0.389. The molecule has 1 rings (SSSR count). The molecule has 0 saturated carbocycles. The molecule has 1 atom stereocenters. The lowest BCUT2D eigenvalue weighted by molar-refractivity contribution is -0.154. The lowest BCUT2D eigenvalue weighted by Crippen LogP contribution is -2.39. The van der Waals surface area contributed by atoms with Gasteiger partial charge in [0, 0.05) is 22.4 Å². The van der Waals surface area contributed by atoms with Crippen LogP contribution in [0.3, 0.4) is 0 Å². The SMILES string of the molecule is CCCCC(CN(O)C=O)C(=O)NCC(=O)/C=C(\N)c1ccccc1Cl. The Morgan fingerprint density at radius 3 is 2.69 bits per heavy atom. The quantitative estimate of drug-likeness (QED) is 0.235. The van der Waals surface area contributed by atoms with E-state index in [1.54, 1.807) is 24.3 Å². The second-order valence-electron chi connectivity index (χ2n) is 5.83. The van der Waals surface area contributed by atoms with Crippen LogP contribution in [0.4, 0.5) is 0 Å². The molecule has 7 nitrogen and oxygen atoms in total. The predicted octanol–water partition coefficient (Wildman–Crippen LogP) is 1.98. The molecule has 0 aromatic heterocycles. The van der Waals surface area contributed by atoms with Gasteiger partial charge in [-0.1, -0.05) is 49.6 Å². The van der Waals surface area contributed by atoms with Crippen molar-refractivity contribution in [2.75, 3.05) is 13.1 Å². The summed E-state index contributed by atoms with van der Waals surface area (Å²) < 4.78 is 0. The second-order valence-corrected chi connectivity index (χ2v) is 6.24. The Morgan fingerprint density at radius 2 is 2.08 bits per heavy atom. The van der Waals surface area contributed by atoms with Crippen LogP contribution in [0.15, 0.2) is 30.3 Å². The lowest BCUT2D eigenvalue weighted by atomic mass is 10.0. The van der Waals surface area contributed by atoms with Crippen molar-refractivity contribution < 1.29 is 19.6 Å². The summed E-state index contributed by atoms with van der Waals surface area (Å²) in [6.07, 6.45) is 3.58. The molecule has 2 amide bonds. The van der Waals surface area contributed by atoms with E-state index < -0.39 is 11.8 Å². The van der Waals surface area contributed by atoms with Gasteiger partial charge in [0.25, 0.3) is 0 Å². The number of nitrogens with two attached hydrogens (primary N) is 1. The highest BCUT2D eigenvalue weighted by Crippen LogP contribution is 2.20. The molecule has 1 aromatic carbocycles. The van der Waals surface area contributed by atoms with Gasteiger partial charge in [-0.3, -0.25) is 19.6 Å². The zero-order valence-electron chi connectivity index (χ0n) is 14.7. The van der Waals surface area contributed by atoms with Gasteiger partial charge in [-0.05, 0) is 12.5 Å². The molecule has 142 valence electrons. The van der Waals surface area contributed by atoms with E-state index in [1.807, 2.05) is 6.92 Å². The third kappa shape index (κ3) is 7.25. The number of nitrogens with zero attached hydrogens (tertiary/aromatic N) is 1. The van der Waals surface area contributed by atoms with Gasteiger partial charge in [0.2, 0.25) is 12.3 Å². The van der Waals surface area contributed by atoms with E-state index in [4.69, 9.17) is 17.3 Å². The number of benzene rings is 1. The Kier molecular flexibility index (Phi) is 9.40. The van der Waals surface area contributed by atoms with Gasteiger partial charge in [-0.25, -0.2) is 5.06 Å². The highest BCUT2D eigenvalue weighted by Gasteiger charge is 2.20. The molecule has 0 heterocycles. The zero-order valence-corrected chi connectivity index (χ0v) is 15.4. The van der Waals surface area contributed by atoms with Crippen LogP contribution in [0.25, 0.3) is 5.70 Å². The smallest absolute Gasteiger partial charge is 0.233 e. The molecule has 0 radical (unpaired) electrons. The van der Waals surface area contributed by atoms with E-state index in [9.17, 15) is 19.6 Å². The molecule has 26 heavy (non-hydrogen) atoms. The topological polar surface area (TPSA) is 113 Å². The van der Waals surface area contributed by atoms with Gasteiger partial charge in [0.15, 0.2) is 5.78 Å². The Bertz CT molecular complexity index is 664. The molecule has 1 aromatic rings. The molecule has 1 unspecified atom stereocenters. The number of hydroxylamine groups is 2. The van der Waals surface area contributed by atoms with Crippen molar-refractivity contribution in [3.05, 3.63) is 40.9 Å². The highest BCUT2D eigenvalue weighted by molar-refractivity contribution is 6.32. The Balaban J connectivity index is 2.65. The first-order valence-electron chi connectivity index (χ1n) is 8.32. The zero-order chi connectivity index (χ0) is 19.5. The summed E-state index contributed by atoms with van der Waals surface area (Å²) in [5, 5.41) is 12.7. The van der Waals surface area contributed by atoms with Crippen molar-refractivity contribution in [3.63, 3.8) is 0 Å². The number of carbonyl (C=O) groups is 3. The van der Waals surface area contributed by atoms with Crippen molar-refractivity contribution in [3.8, 4) is 0 Å². The van der Waals surface area contributed by atoms with E-state index >= 15 is 0 Å². The molecule has 0 aliphatic heterocycles. The third-order valence-electron chi connectivity index (χ3n) is 3.74. The minimum absolute atomic E-state index is 0.124. The number of amides is 2. The summed E-state index contributed by atoms with van der Waals surface area (Å²) in [7, 11) is 0. The monoisotopic (exact) mass is 381 g/mol. The van der Waals surface area contributed by atoms with E-state index in [-0.39, 0.29) is 31.0 Å². The number of carbonyl (C=O) groups excluding carboxylic acids is 3. The van der Waals surface area contributed by atoms with Crippen LogP contribution in [0.5, 0.6) is 0 Å². The first kappa shape index (κ1) is 21.7. The summed E-state index contributed by atoms with van der Waals surface area (Å²) in [6, 6.07) is 6.85. The molecule has 0 bridgehead atoms. The molecule has 8 heteroatoms. The number of hydrogen-bond donors (Lipinski definition) is 3. The van der Waals surface area contributed by atoms with Crippen molar-refractivity contribution in [1.82, 2.24) is 10.4 Å². The fourth-order valence-corrected chi connectivity index (χ4v) is 2.59. The van der Waals surface area contributed by atoms with E-state index in [0.29, 0.717) is 22.1 Å². The molecule has 0 fully saturated rings. The van der Waals surface area contributed by atoms with Crippen molar-refractivity contribution in [2.24, 2.45) is 11.7 Å². The summed E-state index contributed by atoms with van der Waals surface area (Å²) in [5.41, 5.74) is 6.62. The highest BCUT2D eigenvalue weighted by atomic mass is 35.5. The van der Waals surface area contributed by atoms with Gasteiger partial charge in [0.1, 0.15) is 0 Å². The minimum atomic E-state index is -0.595. The molecular formula is C18H24ClN3O4. The van der Waals surface area contributed by atoms with Crippen LogP contribution in [0, 0.1) is 5.92 Å². The molecule has 4 N–H and O–H groups in total. The average molecular weight is 382 g/mol. The van der Waals surface area contributed by atoms with Crippen LogP contribution >= 0.6 is 11.6 Å². The van der Waals surface area contributed by atoms with E-state index in [2.05, 4.69) is 5.32 Å². The van der Waals surface area contributed by atoms with Crippen molar-refractivity contribution in [1.29, 1.82) is 0 Å². The van der Waals surface area contributed by atoms with Crippen LogP contribution in [-0.4, -0.2) is 41.5 Å². The third-order valence-corrected chi connectivity index (χ3v) is 4.07. The average Bonchev–Trinajstić information content (AvgIpc) is 2.63. The molecule has 0 saturated heterocycles. The molecule has 0 spiro atoms. The Labute approximate surface area is 157 Å². The maximum Gasteiger partial charge on any atom is 0.233 e. The van der Waals surface area contributed by atoms with Gasteiger partial charge >= 0.3 is 0 Å². The second kappa shape index (κ2) is 11.3. The Hall–Kier alpha value is -2.38. The summed E-state index contributed by atoms with van der Waals surface area (Å²) in [4.78, 5) is 34.8. The maximum atomic E-state index is 12.2.